The van der Waals surface area contributed by atoms with E-state index in [0.29, 0.717) is 31.2 Å². The smallest absolute Gasteiger partial charge is 0.330 e. The molecule has 0 fully saturated rings. The number of ether oxygens (including phenoxy) is 2. The van der Waals surface area contributed by atoms with Gasteiger partial charge in [0.2, 0.25) is 11.8 Å². The lowest BCUT2D eigenvalue weighted by atomic mass is 10.1. The number of esters is 1. The molecule has 2 aromatic carbocycles. The molecular formula is C23H24N2O5. The summed E-state index contributed by atoms with van der Waals surface area (Å²) in [5.74, 6) is -0.0684. The second-order valence-electron chi connectivity index (χ2n) is 6.62. The highest BCUT2D eigenvalue weighted by Gasteiger charge is 2.23. The largest absolute Gasteiger partial charge is 0.490 e. The first-order valence-electron chi connectivity index (χ1n) is 9.84. The van der Waals surface area contributed by atoms with Gasteiger partial charge in [0.25, 0.3) is 0 Å². The number of hydrogen-bond donors (Lipinski definition) is 1. The zero-order valence-corrected chi connectivity index (χ0v) is 16.8. The predicted octanol–water partition coefficient (Wildman–Crippen LogP) is 3.41. The maximum atomic E-state index is 12.6. The van der Waals surface area contributed by atoms with E-state index in [1.54, 1.807) is 42.2 Å². The van der Waals surface area contributed by atoms with Crippen molar-refractivity contribution in [3.05, 3.63) is 60.2 Å². The lowest BCUT2D eigenvalue weighted by molar-refractivity contribution is -0.137. The molecule has 0 aliphatic carbocycles. The van der Waals surface area contributed by atoms with E-state index < -0.39 is 5.97 Å². The summed E-state index contributed by atoms with van der Waals surface area (Å²) in [6, 6.07) is 14.4. The second kappa shape index (κ2) is 10.2. The van der Waals surface area contributed by atoms with Crippen LogP contribution in [0.5, 0.6) is 5.75 Å². The van der Waals surface area contributed by atoms with E-state index in [1.165, 1.54) is 6.08 Å². The highest BCUT2D eigenvalue weighted by Crippen LogP contribution is 2.31. The second-order valence-corrected chi connectivity index (χ2v) is 6.62. The lowest BCUT2D eigenvalue weighted by Gasteiger charge is -2.29. The number of carbonyl (C=O) groups excluding carboxylic acids is 3. The molecule has 1 aliphatic heterocycles. The molecule has 7 nitrogen and oxygen atoms in total. The van der Waals surface area contributed by atoms with Crippen molar-refractivity contribution in [2.75, 3.05) is 30.0 Å². The van der Waals surface area contributed by atoms with Crippen LogP contribution < -0.4 is 15.0 Å². The number of anilines is 2. The topological polar surface area (TPSA) is 84.9 Å². The zero-order valence-electron chi connectivity index (χ0n) is 16.8. The SMILES string of the molecule is CCOC(=O)/C=C/c1ccc(NC(=O)CCC(=O)N2CCOc3ccccc32)cc1. The number of rotatable bonds is 7. The van der Waals surface area contributed by atoms with Crippen LogP contribution in [0.3, 0.4) is 0 Å². The molecule has 0 atom stereocenters. The van der Waals surface area contributed by atoms with Crippen LogP contribution >= 0.6 is 0 Å². The molecule has 0 aromatic heterocycles. The van der Waals surface area contributed by atoms with E-state index in [2.05, 4.69) is 5.32 Å². The maximum absolute atomic E-state index is 12.6. The number of carbonyl (C=O) groups is 3. The molecule has 156 valence electrons. The molecule has 2 aromatic rings. The van der Waals surface area contributed by atoms with E-state index in [9.17, 15) is 14.4 Å². The monoisotopic (exact) mass is 408 g/mol. The van der Waals surface area contributed by atoms with Gasteiger partial charge in [0.1, 0.15) is 12.4 Å². The third-order valence-corrected chi connectivity index (χ3v) is 4.49. The summed E-state index contributed by atoms with van der Waals surface area (Å²) in [6.45, 7) is 2.98. The summed E-state index contributed by atoms with van der Waals surface area (Å²) >= 11 is 0. The van der Waals surface area contributed by atoms with Crippen molar-refractivity contribution < 1.29 is 23.9 Å². The highest BCUT2D eigenvalue weighted by atomic mass is 16.5. The molecule has 0 radical (unpaired) electrons. The van der Waals surface area contributed by atoms with E-state index in [1.807, 2.05) is 24.3 Å². The minimum atomic E-state index is -0.401. The molecule has 3 rings (SSSR count). The minimum absolute atomic E-state index is 0.0862. The Morgan fingerprint density at radius 1 is 1.10 bits per heavy atom. The number of hydrogen-bond acceptors (Lipinski definition) is 5. The Balaban J connectivity index is 1.49. The van der Waals surface area contributed by atoms with Crippen LogP contribution in [0.4, 0.5) is 11.4 Å². The summed E-state index contributed by atoms with van der Waals surface area (Å²) in [5.41, 5.74) is 2.17. The van der Waals surface area contributed by atoms with Crippen LogP contribution in [0.1, 0.15) is 25.3 Å². The van der Waals surface area contributed by atoms with Crippen molar-refractivity contribution in [2.45, 2.75) is 19.8 Å². The summed E-state index contributed by atoms with van der Waals surface area (Å²) in [5, 5.41) is 2.78. The van der Waals surface area contributed by atoms with E-state index >= 15 is 0 Å². The summed E-state index contributed by atoms with van der Waals surface area (Å²) in [4.78, 5) is 37.8. The fraction of sp³-hybridized carbons (Fsp3) is 0.261. The first-order chi connectivity index (χ1) is 14.6. The van der Waals surface area contributed by atoms with Crippen LogP contribution in [0.25, 0.3) is 6.08 Å². The Kier molecular flexibility index (Phi) is 7.21. The van der Waals surface area contributed by atoms with Gasteiger partial charge in [0.15, 0.2) is 0 Å². The standard InChI is InChI=1S/C23H24N2O5/c1-2-29-23(28)14-9-17-7-10-18(11-8-17)24-21(26)12-13-22(27)25-15-16-30-20-6-4-3-5-19(20)25/h3-11,14H,2,12-13,15-16H2,1H3,(H,24,26)/b14-9+. The van der Waals surface area contributed by atoms with Gasteiger partial charge in [-0.05, 0) is 42.8 Å². The maximum Gasteiger partial charge on any atom is 0.330 e. The fourth-order valence-corrected chi connectivity index (χ4v) is 3.04. The Morgan fingerprint density at radius 3 is 2.63 bits per heavy atom. The van der Waals surface area contributed by atoms with Crippen molar-refractivity contribution in [1.82, 2.24) is 0 Å². The molecule has 1 N–H and O–H groups in total. The third-order valence-electron chi connectivity index (χ3n) is 4.49. The lowest BCUT2D eigenvalue weighted by Crippen LogP contribution is -2.38. The normalized spacial score (nSPS) is 12.8. The van der Waals surface area contributed by atoms with Gasteiger partial charge in [-0.2, -0.15) is 0 Å². The highest BCUT2D eigenvalue weighted by molar-refractivity contribution is 5.99. The van der Waals surface area contributed by atoms with E-state index in [4.69, 9.17) is 9.47 Å². The van der Waals surface area contributed by atoms with Crippen LogP contribution in [-0.4, -0.2) is 37.5 Å². The number of fused-ring (bicyclic) bond motifs is 1. The Hall–Kier alpha value is -3.61. The van der Waals surface area contributed by atoms with Crippen molar-refractivity contribution in [3.8, 4) is 5.75 Å². The molecule has 1 aliphatic rings. The number of benzene rings is 2. The molecule has 0 saturated heterocycles. The van der Waals surface area contributed by atoms with Crippen molar-refractivity contribution in [3.63, 3.8) is 0 Å². The molecular weight excluding hydrogens is 384 g/mol. The van der Waals surface area contributed by atoms with Crippen LogP contribution in [0, 0.1) is 0 Å². The van der Waals surface area contributed by atoms with Crippen molar-refractivity contribution in [1.29, 1.82) is 0 Å². The minimum Gasteiger partial charge on any atom is -0.490 e. The average molecular weight is 408 g/mol. The molecule has 2 amide bonds. The Bertz CT molecular complexity index is 937. The van der Waals surface area contributed by atoms with Gasteiger partial charge in [-0.15, -0.1) is 0 Å². The quantitative estimate of drug-likeness (QED) is 0.561. The average Bonchev–Trinajstić information content (AvgIpc) is 2.77. The number of nitrogens with zero attached hydrogens (tertiary/aromatic N) is 1. The number of amides is 2. The van der Waals surface area contributed by atoms with Crippen molar-refractivity contribution >= 4 is 35.2 Å². The van der Waals surface area contributed by atoms with Crippen LogP contribution in [0.2, 0.25) is 0 Å². The third kappa shape index (κ3) is 5.70. The molecule has 0 unspecified atom stereocenters. The first-order valence-corrected chi connectivity index (χ1v) is 9.84. The molecule has 0 saturated carbocycles. The molecule has 1 heterocycles. The molecule has 0 spiro atoms. The van der Waals surface area contributed by atoms with Gasteiger partial charge in [-0.1, -0.05) is 24.3 Å². The van der Waals surface area contributed by atoms with Gasteiger partial charge in [0.05, 0.1) is 18.8 Å². The zero-order chi connectivity index (χ0) is 21.3. The molecule has 30 heavy (non-hydrogen) atoms. The van der Waals surface area contributed by atoms with Crippen molar-refractivity contribution in [2.24, 2.45) is 0 Å². The van der Waals surface area contributed by atoms with Gasteiger partial charge >= 0.3 is 5.97 Å². The Morgan fingerprint density at radius 2 is 1.87 bits per heavy atom. The first kappa shape index (κ1) is 21.1. The van der Waals surface area contributed by atoms with Gasteiger partial charge in [0, 0.05) is 24.6 Å². The van der Waals surface area contributed by atoms with Crippen LogP contribution in [0.15, 0.2) is 54.6 Å². The molecule has 0 bridgehead atoms. The van der Waals surface area contributed by atoms with Gasteiger partial charge in [-0.3, -0.25) is 9.59 Å². The summed E-state index contributed by atoms with van der Waals surface area (Å²) in [7, 11) is 0. The van der Waals surface area contributed by atoms with E-state index in [0.717, 1.165) is 11.3 Å². The predicted molar refractivity (Wildman–Crippen MR) is 114 cm³/mol. The summed E-state index contributed by atoms with van der Waals surface area (Å²) < 4.78 is 10.4. The summed E-state index contributed by atoms with van der Waals surface area (Å²) in [6.07, 6.45) is 3.19. The van der Waals surface area contributed by atoms with Gasteiger partial charge < -0.3 is 19.7 Å². The Labute approximate surface area is 175 Å². The van der Waals surface area contributed by atoms with Gasteiger partial charge in [-0.25, -0.2) is 4.79 Å². The fourth-order valence-electron chi connectivity index (χ4n) is 3.04. The molecule has 7 heteroatoms. The number of para-hydroxylation sites is 2. The van der Waals surface area contributed by atoms with E-state index in [-0.39, 0.29) is 24.7 Å². The van der Waals surface area contributed by atoms with Crippen LogP contribution in [-0.2, 0) is 19.1 Å². The number of nitrogens with one attached hydrogen (secondary N) is 1.